The Morgan fingerprint density at radius 1 is 0.383 bits per heavy atom. The van der Waals surface area contributed by atoms with E-state index in [-0.39, 0.29) is 0 Å². The molecule has 0 amide bonds. The molecular formula is C42H26N4O. The summed E-state index contributed by atoms with van der Waals surface area (Å²) in [5, 5.41) is 3.33. The second-order valence-electron chi connectivity index (χ2n) is 11.5. The molecule has 5 heteroatoms. The third-order valence-corrected chi connectivity index (χ3v) is 8.60. The number of rotatable bonds is 5. The number of furan rings is 1. The van der Waals surface area contributed by atoms with Gasteiger partial charge in [-0.3, -0.25) is 4.98 Å². The van der Waals surface area contributed by atoms with Gasteiger partial charge in [-0.15, -0.1) is 0 Å². The van der Waals surface area contributed by atoms with E-state index in [1.807, 2.05) is 78.9 Å². The number of benzene rings is 6. The Hall–Kier alpha value is -6.46. The normalized spacial score (nSPS) is 11.4. The Morgan fingerprint density at radius 2 is 1.04 bits per heavy atom. The number of nitrogens with zero attached hydrogens (tertiary/aromatic N) is 4. The second kappa shape index (κ2) is 11.2. The Kier molecular flexibility index (Phi) is 6.39. The summed E-state index contributed by atoms with van der Waals surface area (Å²) in [6.45, 7) is 0. The van der Waals surface area contributed by atoms with Crippen LogP contribution >= 0.6 is 0 Å². The first kappa shape index (κ1) is 26.9. The summed E-state index contributed by atoms with van der Waals surface area (Å²) in [6, 6.07) is 51.8. The minimum absolute atomic E-state index is 0.610. The van der Waals surface area contributed by atoms with Crippen molar-refractivity contribution in [3.63, 3.8) is 0 Å². The number of fused-ring (bicyclic) bond motifs is 4. The number of aromatic nitrogens is 4. The van der Waals surface area contributed by atoms with E-state index in [4.69, 9.17) is 19.4 Å². The lowest BCUT2D eigenvalue weighted by Crippen LogP contribution is -2.01. The van der Waals surface area contributed by atoms with Gasteiger partial charge in [0.2, 0.25) is 0 Å². The van der Waals surface area contributed by atoms with Gasteiger partial charge in [-0.05, 0) is 63.4 Å². The Balaban J connectivity index is 1.31. The molecule has 220 valence electrons. The zero-order chi connectivity index (χ0) is 31.2. The maximum Gasteiger partial charge on any atom is 0.164 e. The molecule has 0 aliphatic rings. The molecule has 3 heterocycles. The molecule has 0 aliphatic heterocycles. The van der Waals surface area contributed by atoms with Crippen LogP contribution in [0.25, 0.3) is 89.3 Å². The maximum absolute atomic E-state index is 6.08. The Morgan fingerprint density at radius 3 is 1.83 bits per heavy atom. The first-order chi connectivity index (χ1) is 23.3. The molecule has 0 aliphatic carbocycles. The van der Waals surface area contributed by atoms with Crippen LogP contribution in [0.15, 0.2) is 162 Å². The van der Waals surface area contributed by atoms with Crippen LogP contribution in [0.1, 0.15) is 0 Å². The molecule has 9 rings (SSSR count). The number of pyridine rings is 1. The quantitative estimate of drug-likeness (QED) is 0.196. The highest BCUT2D eigenvalue weighted by Crippen LogP contribution is 2.39. The summed E-state index contributed by atoms with van der Waals surface area (Å²) < 4.78 is 6.08. The molecule has 9 aromatic rings. The van der Waals surface area contributed by atoms with Crippen molar-refractivity contribution in [2.45, 2.75) is 0 Å². The van der Waals surface area contributed by atoms with Gasteiger partial charge in [0, 0.05) is 28.3 Å². The van der Waals surface area contributed by atoms with Crippen molar-refractivity contribution in [3.8, 4) is 56.4 Å². The predicted octanol–water partition coefficient (Wildman–Crippen LogP) is 10.7. The van der Waals surface area contributed by atoms with Gasteiger partial charge in [-0.25, -0.2) is 15.0 Å². The van der Waals surface area contributed by atoms with E-state index in [9.17, 15) is 0 Å². The molecule has 0 N–H and O–H groups in total. The molecule has 3 aromatic heterocycles. The van der Waals surface area contributed by atoms with Crippen molar-refractivity contribution in [1.29, 1.82) is 0 Å². The summed E-state index contributed by atoms with van der Waals surface area (Å²) in [7, 11) is 0. The fourth-order valence-corrected chi connectivity index (χ4v) is 6.31. The van der Waals surface area contributed by atoms with Crippen LogP contribution in [0.3, 0.4) is 0 Å². The second-order valence-corrected chi connectivity index (χ2v) is 11.5. The third-order valence-electron chi connectivity index (χ3n) is 8.60. The molecule has 47 heavy (non-hydrogen) atoms. The lowest BCUT2D eigenvalue weighted by molar-refractivity contribution is 0.668. The van der Waals surface area contributed by atoms with E-state index in [2.05, 4.69) is 77.8 Å². The fourth-order valence-electron chi connectivity index (χ4n) is 6.31. The summed E-state index contributed by atoms with van der Waals surface area (Å²) >= 11 is 0. The maximum atomic E-state index is 6.08. The number of hydrogen-bond donors (Lipinski definition) is 0. The van der Waals surface area contributed by atoms with E-state index in [1.165, 1.54) is 10.8 Å². The molecular weight excluding hydrogens is 576 g/mol. The van der Waals surface area contributed by atoms with Crippen LogP contribution in [0, 0.1) is 0 Å². The molecule has 0 radical (unpaired) electrons. The highest BCUT2D eigenvalue weighted by atomic mass is 16.3. The molecule has 0 saturated carbocycles. The first-order valence-corrected chi connectivity index (χ1v) is 15.6. The Bertz CT molecular complexity index is 2510. The van der Waals surface area contributed by atoms with E-state index in [0.717, 1.165) is 61.0 Å². The van der Waals surface area contributed by atoms with Crippen molar-refractivity contribution in [1.82, 2.24) is 19.9 Å². The largest absolute Gasteiger partial charge is 0.454 e. The highest BCUT2D eigenvalue weighted by molar-refractivity contribution is 6.04. The van der Waals surface area contributed by atoms with Crippen molar-refractivity contribution in [3.05, 3.63) is 158 Å². The fraction of sp³-hybridized carbons (Fsp3) is 0. The van der Waals surface area contributed by atoms with Crippen LogP contribution in [0.5, 0.6) is 0 Å². The van der Waals surface area contributed by atoms with Crippen molar-refractivity contribution in [2.75, 3.05) is 0 Å². The summed E-state index contributed by atoms with van der Waals surface area (Å²) in [5.41, 5.74) is 9.49. The Labute approximate surface area is 270 Å². The zero-order valence-corrected chi connectivity index (χ0v) is 25.2. The SMILES string of the molecule is c1ccc(-c2nc(-c3ccccc3)nc(-c3cc(-c4ccc5oc6cccnc6c5c4)ccc3-c3cccc4ccccc34)n2)cc1. The number of hydrogen-bond acceptors (Lipinski definition) is 5. The molecule has 0 unspecified atom stereocenters. The van der Waals surface area contributed by atoms with Crippen molar-refractivity contribution < 1.29 is 4.42 Å². The van der Waals surface area contributed by atoms with Crippen molar-refractivity contribution >= 4 is 32.8 Å². The first-order valence-electron chi connectivity index (χ1n) is 15.6. The molecule has 0 fully saturated rings. The van der Waals surface area contributed by atoms with Crippen LogP contribution < -0.4 is 0 Å². The van der Waals surface area contributed by atoms with Gasteiger partial charge in [0.25, 0.3) is 0 Å². The van der Waals surface area contributed by atoms with Crippen LogP contribution in [-0.2, 0) is 0 Å². The minimum Gasteiger partial charge on any atom is -0.454 e. The van der Waals surface area contributed by atoms with Gasteiger partial charge in [0.1, 0.15) is 11.1 Å². The average Bonchev–Trinajstić information content (AvgIpc) is 3.53. The lowest BCUT2D eigenvalue weighted by Gasteiger charge is -2.15. The van der Waals surface area contributed by atoms with E-state index >= 15 is 0 Å². The van der Waals surface area contributed by atoms with Crippen LogP contribution in [-0.4, -0.2) is 19.9 Å². The molecule has 6 aromatic carbocycles. The van der Waals surface area contributed by atoms with Crippen LogP contribution in [0.4, 0.5) is 0 Å². The average molecular weight is 603 g/mol. The molecule has 0 saturated heterocycles. The summed E-state index contributed by atoms with van der Waals surface area (Å²) in [6.07, 6.45) is 1.80. The summed E-state index contributed by atoms with van der Waals surface area (Å²) in [4.78, 5) is 19.8. The molecule has 0 spiro atoms. The van der Waals surface area contributed by atoms with Gasteiger partial charge in [0.15, 0.2) is 23.1 Å². The zero-order valence-electron chi connectivity index (χ0n) is 25.2. The van der Waals surface area contributed by atoms with Gasteiger partial charge < -0.3 is 4.42 Å². The molecule has 0 bridgehead atoms. The highest BCUT2D eigenvalue weighted by Gasteiger charge is 2.19. The standard InChI is InChI=1S/C42H26N4O/c1-3-12-28(13-4-1)40-44-41(29-14-5-2-6-15-29)46-42(45-40)35-25-30(20-22-34(35)33-18-9-16-27-11-7-8-17-32(27)33)31-21-23-37-36(26-31)39-38(47-37)19-10-24-43-39/h1-26H. The van der Waals surface area contributed by atoms with Gasteiger partial charge in [-0.1, -0.05) is 121 Å². The van der Waals surface area contributed by atoms with Crippen LogP contribution in [0.2, 0.25) is 0 Å². The summed E-state index contributed by atoms with van der Waals surface area (Å²) in [5.74, 6) is 1.86. The van der Waals surface area contributed by atoms with Gasteiger partial charge in [0.05, 0.1) is 0 Å². The van der Waals surface area contributed by atoms with E-state index in [1.54, 1.807) is 6.20 Å². The van der Waals surface area contributed by atoms with Gasteiger partial charge in [-0.2, -0.15) is 0 Å². The minimum atomic E-state index is 0.610. The molecule has 5 nitrogen and oxygen atoms in total. The van der Waals surface area contributed by atoms with Crippen molar-refractivity contribution in [2.24, 2.45) is 0 Å². The van der Waals surface area contributed by atoms with E-state index < -0.39 is 0 Å². The topological polar surface area (TPSA) is 64.7 Å². The smallest absolute Gasteiger partial charge is 0.164 e. The monoisotopic (exact) mass is 602 g/mol. The van der Waals surface area contributed by atoms with E-state index in [0.29, 0.717) is 17.5 Å². The predicted molar refractivity (Wildman–Crippen MR) is 190 cm³/mol. The lowest BCUT2D eigenvalue weighted by atomic mass is 9.91. The van der Waals surface area contributed by atoms with Gasteiger partial charge >= 0.3 is 0 Å². The molecule has 0 atom stereocenters. The third kappa shape index (κ3) is 4.82.